The van der Waals surface area contributed by atoms with Crippen LogP contribution < -0.4 is 5.32 Å². The Hall–Kier alpha value is -1.82. The summed E-state index contributed by atoms with van der Waals surface area (Å²) >= 11 is 0. The third-order valence-electron chi connectivity index (χ3n) is 1.63. The van der Waals surface area contributed by atoms with E-state index in [1.165, 1.54) is 6.07 Å². The summed E-state index contributed by atoms with van der Waals surface area (Å²) in [5.74, 6) is -1.83. The van der Waals surface area contributed by atoms with Crippen molar-refractivity contribution in [2.75, 3.05) is 6.61 Å². The molecule has 14 heavy (non-hydrogen) atoms. The van der Waals surface area contributed by atoms with Crippen LogP contribution in [0, 0.1) is 0 Å². The molecule has 1 amide bonds. The number of amides is 1. The molecule has 0 aromatic carbocycles. The molecule has 1 aromatic heterocycles. The lowest BCUT2D eigenvalue weighted by Gasteiger charge is -2.10. The van der Waals surface area contributed by atoms with Gasteiger partial charge >= 0.3 is 5.97 Å². The minimum atomic E-state index is -1.27. The molecule has 76 valence electrons. The molecule has 0 aliphatic carbocycles. The smallest absolute Gasteiger partial charge is 0.328 e. The van der Waals surface area contributed by atoms with Crippen molar-refractivity contribution in [1.82, 2.24) is 10.3 Å². The molecule has 4 N–H and O–H groups in total. The first-order valence-corrected chi connectivity index (χ1v) is 3.93. The Morgan fingerprint density at radius 1 is 1.57 bits per heavy atom. The van der Waals surface area contributed by atoms with Crippen LogP contribution in [0.5, 0.6) is 0 Å². The highest BCUT2D eigenvalue weighted by Crippen LogP contribution is 1.95. The summed E-state index contributed by atoms with van der Waals surface area (Å²) in [6, 6.07) is 1.85. The average Bonchev–Trinajstić information content (AvgIpc) is 2.65. The van der Waals surface area contributed by atoms with Crippen molar-refractivity contribution in [3.05, 3.63) is 24.0 Å². The van der Waals surface area contributed by atoms with Gasteiger partial charge in [-0.1, -0.05) is 0 Å². The number of hydrogen-bond donors (Lipinski definition) is 4. The zero-order valence-corrected chi connectivity index (χ0v) is 7.23. The Kier molecular flexibility index (Phi) is 3.24. The number of carboxylic acids is 1. The first-order chi connectivity index (χ1) is 6.65. The second kappa shape index (κ2) is 4.43. The summed E-state index contributed by atoms with van der Waals surface area (Å²) in [5.41, 5.74) is 0.254. The Labute approximate surface area is 79.6 Å². The number of nitrogens with one attached hydrogen (secondary N) is 2. The maximum Gasteiger partial charge on any atom is 0.328 e. The summed E-state index contributed by atoms with van der Waals surface area (Å²) in [7, 11) is 0. The zero-order valence-electron chi connectivity index (χ0n) is 7.23. The fraction of sp³-hybridized carbons (Fsp3) is 0.250. The zero-order chi connectivity index (χ0) is 10.6. The lowest BCUT2D eigenvalue weighted by molar-refractivity contribution is -0.140. The number of aliphatic carboxylic acids is 1. The monoisotopic (exact) mass is 198 g/mol. The van der Waals surface area contributed by atoms with Crippen LogP contribution in [0.15, 0.2) is 18.3 Å². The van der Waals surface area contributed by atoms with Gasteiger partial charge in [-0.3, -0.25) is 4.79 Å². The van der Waals surface area contributed by atoms with E-state index < -0.39 is 24.5 Å². The topological polar surface area (TPSA) is 102 Å². The van der Waals surface area contributed by atoms with Crippen molar-refractivity contribution in [1.29, 1.82) is 0 Å². The number of aliphatic hydroxyl groups is 1. The highest BCUT2D eigenvalue weighted by atomic mass is 16.4. The van der Waals surface area contributed by atoms with Gasteiger partial charge in [0.25, 0.3) is 5.91 Å². The Bertz CT molecular complexity index is 320. The Morgan fingerprint density at radius 2 is 2.29 bits per heavy atom. The standard InChI is InChI=1S/C8H10N2O4/c11-4-6(8(13)14)10-7(12)5-2-1-3-9-5/h1-3,6,9,11H,4H2,(H,10,12)(H,13,14)/t6-/m0/s1. The van der Waals surface area contributed by atoms with E-state index in [0.717, 1.165) is 0 Å². The molecule has 1 atom stereocenters. The second-order valence-corrected chi connectivity index (χ2v) is 2.63. The van der Waals surface area contributed by atoms with Crippen LogP contribution in [0.25, 0.3) is 0 Å². The van der Waals surface area contributed by atoms with E-state index in [-0.39, 0.29) is 5.69 Å². The van der Waals surface area contributed by atoms with Crippen LogP contribution in [-0.2, 0) is 4.79 Å². The first-order valence-electron chi connectivity index (χ1n) is 3.93. The number of carboxylic acid groups (broad SMARTS) is 1. The van der Waals surface area contributed by atoms with Crippen LogP contribution >= 0.6 is 0 Å². The molecule has 0 spiro atoms. The third-order valence-corrected chi connectivity index (χ3v) is 1.63. The van der Waals surface area contributed by atoms with Crippen molar-refractivity contribution in [2.24, 2.45) is 0 Å². The third kappa shape index (κ3) is 2.33. The molecule has 0 bridgehead atoms. The molecule has 0 unspecified atom stereocenters. The average molecular weight is 198 g/mol. The molecule has 0 fully saturated rings. The molecule has 1 heterocycles. The van der Waals surface area contributed by atoms with Crippen LogP contribution in [-0.4, -0.2) is 39.7 Å². The van der Waals surface area contributed by atoms with E-state index in [4.69, 9.17) is 10.2 Å². The molecular formula is C8H10N2O4. The van der Waals surface area contributed by atoms with E-state index in [2.05, 4.69) is 10.3 Å². The maximum absolute atomic E-state index is 11.3. The van der Waals surface area contributed by atoms with Gasteiger partial charge in [0.2, 0.25) is 0 Å². The SMILES string of the molecule is O=C(N[C@@H](CO)C(=O)O)c1ccc[nH]1. The van der Waals surface area contributed by atoms with E-state index in [1.54, 1.807) is 12.3 Å². The second-order valence-electron chi connectivity index (χ2n) is 2.63. The Morgan fingerprint density at radius 3 is 2.71 bits per heavy atom. The molecule has 0 aliphatic heterocycles. The van der Waals surface area contributed by atoms with Gasteiger partial charge < -0.3 is 20.5 Å². The van der Waals surface area contributed by atoms with Crippen molar-refractivity contribution in [3.63, 3.8) is 0 Å². The van der Waals surface area contributed by atoms with Crippen LogP contribution in [0.1, 0.15) is 10.5 Å². The van der Waals surface area contributed by atoms with Crippen molar-refractivity contribution >= 4 is 11.9 Å². The quantitative estimate of drug-likeness (QED) is 0.508. The highest BCUT2D eigenvalue weighted by Gasteiger charge is 2.19. The summed E-state index contributed by atoms with van der Waals surface area (Å²) in [5, 5.41) is 19.3. The van der Waals surface area contributed by atoms with Gasteiger partial charge in [0.15, 0.2) is 6.04 Å². The van der Waals surface area contributed by atoms with Crippen molar-refractivity contribution in [2.45, 2.75) is 6.04 Å². The molecule has 0 radical (unpaired) electrons. The predicted octanol–water partition coefficient (Wildman–Crippen LogP) is -0.810. The fourth-order valence-corrected chi connectivity index (χ4v) is 0.893. The summed E-state index contributed by atoms with van der Waals surface area (Å²) in [6.07, 6.45) is 1.55. The van der Waals surface area contributed by atoms with E-state index in [9.17, 15) is 9.59 Å². The van der Waals surface area contributed by atoms with Gasteiger partial charge in [-0.25, -0.2) is 4.79 Å². The van der Waals surface area contributed by atoms with Crippen molar-refractivity contribution < 1.29 is 19.8 Å². The molecule has 0 saturated heterocycles. The molecule has 1 aromatic rings. The number of aliphatic hydroxyl groups excluding tert-OH is 1. The lowest BCUT2D eigenvalue weighted by atomic mass is 10.3. The van der Waals surface area contributed by atoms with Gasteiger partial charge in [-0.05, 0) is 12.1 Å². The molecular weight excluding hydrogens is 188 g/mol. The van der Waals surface area contributed by atoms with Gasteiger partial charge in [0.05, 0.1) is 6.61 Å². The normalized spacial score (nSPS) is 12.1. The van der Waals surface area contributed by atoms with Crippen LogP contribution in [0.3, 0.4) is 0 Å². The summed E-state index contributed by atoms with van der Waals surface area (Å²) in [4.78, 5) is 24.3. The summed E-state index contributed by atoms with van der Waals surface area (Å²) in [6.45, 7) is -0.637. The lowest BCUT2D eigenvalue weighted by Crippen LogP contribution is -2.43. The number of hydrogen-bond acceptors (Lipinski definition) is 3. The number of carbonyl (C=O) groups is 2. The van der Waals surface area contributed by atoms with Gasteiger partial charge in [-0.15, -0.1) is 0 Å². The first kappa shape index (κ1) is 10.3. The molecule has 0 aliphatic rings. The van der Waals surface area contributed by atoms with Crippen LogP contribution in [0.4, 0.5) is 0 Å². The maximum atomic E-state index is 11.3. The minimum absolute atomic E-state index is 0.254. The molecule has 0 saturated carbocycles. The van der Waals surface area contributed by atoms with Gasteiger partial charge in [-0.2, -0.15) is 0 Å². The minimum Gasteiger partial charge on any atom is -0.480 e. The number of aromatic amines is 1. The fourth-order valence-electron chi connectivity index (χ4n) is 0.893. The van der Waals surface area contributed by atoms with Crippen molar-refractivity contribution in [3.8, 4) is 0 Å². The number of carbonyl (C=O) groups excluding carboxylic acids is 1. The highest BCUT2D eigenvalue weighted by molar-refractivity contribution is 5.95. The van der Waals surface area contributed by atoms with E-state index in [1.807, 2.05) is 0 Å². The molecule has 1 rings (SSSR count). The van der Waals surface area contributed by atoms with Crippen LogP contribution in [0.2, 0.25) is 0 Å². The largest absolute Gasteiger partial charge is 0.480 e. The van der Waals surface area contributed by atoms with Gasteiger partial charge in [0.1, 0.15) is 5.69 Å². The van der Waals surface area contributed by atoms with E-state index in [0.29, 0.717) is 0 Å². The van der Waals surface area contributed by atoms with Gasteiger partial charge in [0, 0.05) is 6.20 Å². The molecule has 6 heteroatoms. The molecule has 6 nitrogen and oxygen atoms in total. The van der Waals surface area contributed by atoms with E-state index >= 15 is 0 Å². The number of aromatic nitrogens is 1. The Balaban J connectivity index is 2.60. The number of H-pyrrole nitrogens is 1. The number of rotatable bonds is 4. The summed E-state index contributed by atoms with van der Waals surface area (Å²) < 4.78 is 0. The predicted molar refractivity (Wildman–Crippen MR) is 46.8 cm³/mol.